The first-order valence-electron chi connectivity index (χ1n) is 6.29. The predicted molar refractivity (Wildman–Crippen MR) is 81.8 cm³/mol. The summed E-state index contributed by atoms with van der Waals surface area (Å²) < 4.78 is 1.10. The van der Waals surface area contributed by atoms with E-state index >= 15 is 0 Å². The molecule has 1 aromatic rings. The van der Waals surface area contributed by atoms with Gasteiger partial charge in [-0.3, -0.25) is 4.79 Å². The first-order chi connectivity index (χ1) is 8.58. The quantitative estimate of drug-likeness (QED) is 0.759. The van der Waals surface area contributed by atoms with Gasteiger partial charge in [0.05, 0.1) is 0 Å². The van der Waals surface area contributed by atoms with E-state index in [-0.39, 0.29) is 5.91 Å². The summed E-state index contributed by atoms with van der Waals surface area (Å²) in [4.78, 5) is 16.6. The molecule has 0 saturated carbocycles. The van der Waals surface area contributed by atoms with Crippen molar-refractivity contribution >= 4 is 28.5 Å². The minimum Gasteiger partial charge on any atom is -0.337 e. The lowest BCUT2D eigenvalue weighted by Crippen LogP contribution is -2.47. The summed E-state index contributed by atoms with van der Waals surface area (Å²) in [5.74, 6) is 0.133. The molecule has 0 aromatic heterocycles. The molecule has 0 N–H and O–H groups in total. The highest BCUT2D eigenvalue weighted by atomic mass is 127. The Bertz CT molecular complexity index is 436. The monoisotopic (exact) mass is 358 g/mol. The maximum atomic E-state index is 12.4. The normalized spacial score (nSPS) is 20.7. The van der Waals surface area contributed by atoms with Crippen LogP contribution in [0.25, 0.3) is 0 Å². The fourth-order valence-corrected chi connectivity index (χ4v) is 2.99. The fourth-order valence-electron chi connectivity index (χ4n) is 2.45. The Hall–Kier alpha value is -0.620. The number of nitrogens with zero attached hydrogens (tertiary/aromatic N) is 2. The van der Waals surface area contributed by atoms with E-state index in [2.05, 4.69) is 34.5 Å². The zero-order valence-corrected chi connectivity index (χ0v) is 13.1. The van der Waals surface area contributed by atoms with Gasteiger partial charge in [0, 0.05) is 28.8 Å². The van der Waals surface area contributed by atoms with E-state index in [9.17, 15) is 4.79 Å². The molecule has 0 bridgehead atoms. The third-order valence-corrected chi connectivity index (χ3v) is 4.21. The number of carbonyl (C=O) groups excluding carboxylic acids is 1. The number of benzene rings is 1. The van der Waals surface area contributed by atoms with E-state index in [1.54, 1.807) is 0 Å². The van der Waals surface area contributed by atoms with Gasteiger partial charge < -0.3 is 9.80 Å². The molecule has 3 nitrogen and oxygen atoms in total. The van der Waals surface area contributed by atoms with Gasteiger partial charge in [-0.25, -0.2) is 0 Å². The number of rotatable bonds is 2. The Kier molecular flexibility index (Phi) is 4.61. The van der Waals surface area contributed by atoms with Gasteiger partial charge >= 0.3 is 0 Å². The molecule has 0 aliphatic carbocycles. The SMILES string of the molecule is CN1CCCC(N(C)C(=O)c2cccc(I)c2)C1. The molecule has 4 heteroatoms. The van der Waals surface area contributed by atoms with Crippen molar-refractivity contribution < 1.29 is 4.79 Å². The van der Waals surface area contributed by atoms with Crippen molar-refractivity contribution in [3.63, 3.8) is 0 Å². The van der Waals surface area contributed by atoms with Gasteiger partial charge in [-0.05, 0) is 67.2 Å². The Balaban J connectivity index is 2.08. The third-order valence-electron chi connectivity index (χ3n) is 3.54. The maximum absolute atomic E-state index is 12.4. The topological polar surface area (TPSA) is 23.6 Å². The molecule has 0 radical (unpaired) electrons. The summed E-state index contributed by atoms with van der Waals surface area (Å²) in [7, 11) is 4.04. The molecule has 1 aliphatic heterocycles. The van der Waals surface area contributed by atoms with Crippen LogP contribution in [0, 0.1) is 3.57 Å². The van der Waals surface area contributed by atoms with Gasteiger partial charge in [-0.1, -0.05) is 6.07 Å². The van der Waals surface area contributed by atoms with E-state index in [0.29, 0.717) is 6.04 Å². The Morgan fingerprint density at radius 3 is 2.94 bits per heavy atom. The summed E-state index contributed by atoms with van der Waals surface area (Å²) in [5, 5.41) is 0. The number of likely N-dealkylation sites (tertiary alicyclic amines) is 1. The lowest BCUT2D eigenvalue weighted by molar-refractivity contribution is 0.0644. The van der Waals surface area contributed by atoms with Crippen LogP contribution in [-0.2, 0) is 0 Å². The molecule has 18 heavy (non-hydrogen) atoms. The highest BCUT2D eigenvalue weighted by Gasteiger charge is 2.25. The van der Waals surface area contributed by atoms with Gasteiger partial charge in [0.1, 0.15) is 0 Å². The molecule has 1 amide bonds. The predicted octanol–water partition coefficient (Wildman–Crippen LogP) is 2.46. The van der Waals surface area contributed by atoms with Crippen molar-refractivity contribution in [3.05, 3.63) is 33.4 Å². The average Bonchev–Trinajstić information content (AvgIpc) is 2.37. The Morgan fingerprint density at radius 1 is 1.50 bits per heavy atom. The van der Waals surface area contributed by atoms with Crippen LogP contribution in [-0.4, -0.2) is 48.9 Å². The molecular weight excluding hydrogens is 339 g/mol. The van der Waals surface area contributed by atoms with Crippen molar-refractivity contribution in [2.24, 2.45) is 0 Å². The van der Waals surface area contributed by atoms with E-state index in [4.69, 9.17) is 0 Å². The lowest BCUT2D eigenvalue weighted by atomic mass is 10.0. The molecule has 2 rings (SSSR count). The number of piperidine rings is 1. The smallest absolute Gasteiger partial charge is 0.253 e. The zero-order valence-electron chi connectivity index (χ0n) is 10.9. The summed E-state index contributed by atoms with van der Waals surface area (Å²) in [6.07, 6.45) is 2.28. The van der Waals surface area contributed by atoms with Gasteiger partial charge in [0.15, 0.2) is 0 Å². The number of hydrogen-bond acceptors (Lipinski definition) is 2. The molecule has 1 fully saturated rings. The van der Waals surface area contributed by atoms with Crippen molar-refractivity contribution in [1.82, 2.24) is 9.80 Å². The largest absolute Gasteiger partial charge is 0.337 e. The lowest BCUT2D eigenvalue weighted by Gasteiger charge is -2.35. The van der Waals surface area contributed by atoms with E-state index in [1.807, 2.05) is 36.2 Å². The van der Waals surface area contributed by atoms with E-state index < -0.39 is 0 Å². The van der Waals surface area contributed by atoms with Crippen LogP contribution < -0.4 is 0 Å². The average molecular weight is 358 g/mol. The van der Waals surface area contributed by atoms with Crippen LogP contribution in [0.1, 0.15) is 23.2 Å². The molecule has 1 unspecified atom stereocenters. The summed E-state index contributed by atoms with van der Waals surface area (Å²) >= 11 is 2.24. The standard InChI is InChI=1S/C14H19IN2O/c1-16-8-4-7-13(10-16)17(2)14(18)11-5-3-6-12(15)9-11/h3,5-6,9,13H,4,7-8,10H2,1-2H3. The first kappa shape index (κ1) is 13.8. The summed E-state index contributed by atoms with van der Waals surface area (Å²) in [6, 6.07) is 8.13. The molecule has 98 valence electrons. The minimum absolute atomic E-state index is 0.133. The maximum Gasteiger partial charge on any atom is 0.253 e. The van der Waals surface area contributed by atoms with Crippen LogP contribution >= 0.6 is 22.6 Å². The van der Waals surface area contributed by atoms with Crippen molar-refractivity contribution in [3.8, 4) is 0 Å². The second-order valence-corrected chi connectivity index (χ2v) is 6.23. The number of likely N-dealkylation sites (N-methyl/N-ethyl adjacent to an activating group) is 2. The van der Waals surface area contributed by atoms with Crippen LogP contribution in [0.3, 0.4) is 0 Å². The zero-order chi connectivity index (χ0) is 13.1. The minimum atomic E-state index is 0.133. The molecule has 1 heterocycles. The fraction of sp³-hybridized carbons (Fsp3) is 0.500. The molecule has 1 saturated heterocycles. The second kappa shape index (κ2) is 6.02. The van der Waals surface area contributed by atoms with Crippen molar-refractivity contribution in [2.75, 3.05) is 27.2 Å². The van der Waals surface area contributed by atoms with Crippen LogP contribution in [0.4, 0.5) is 0 Å². The van der Waals surface area contributed by atoms with Crippen LogP contribution in [0.15, 0.2) is 24.3 Å². The highest BCUT2D eigenvalue weighted by molar-refractivity contribution is 14.1. The van der Waals surface area contributed by atoms with Crippen LogP contribution in [0.2, 0.25) is 0 Å². The summed E-state index contributed by atoms with van der Waals surface area (Å²) in [5.41, 5.74) is 0.789. The summed E-state index contributed by atoms with van der Waals surface area (Å²) in [6.45, 7) is 2.12. The number of carbonyl (C=O) groups is 1. The van der Waals surface area contributed by atoms with Crippen molar-refractivity contribution in [1.29, 1.82) is 0 Å². The number of amides is 1. The number of hydrogen-bond donors (Lipinski definition) is 0. The third kappa shape index (κ3) is 3.23. The second-order valence-electron chi connectivity index (χ2n) is 4.98. The van der Waals surface area contributed by atoms with Crippen LogP contribution in [0.5, 0.6) is 0 Å². The van der Waals surface area contributed by atoms with Gasteiger partial charge in [-0.2, -0.15) is 0 Å². The van der Waals surface area contributed by atoms with E-state index in [0.717, 1.165) is 28.6 Å². The first-order valence-corrected chi connectivity index (χ1v) is 7.37. The number of halogens is 1. The van der Waals surface area contributed by atoms with E-state index in [1.165, 1.54) is 6.42 Å². The molecule has 1 aromatic carbocycles. The molecule has 1 atom stereocenters. The van der Waals surface area contributed by atoms with Crippen molar-refractivity contribution in [2.45, 2.75) is 18.9 Å². The Morgan fingerprint density at radius 2 is 2.28 bits per heavy atom. The van der Waals surface area contributed by atoms with Gasteiger partial charge in [0.2, 0.25) is 0 Å². The Labute approximate surface area is 122 Å². The highest BCUT2D eigenvalue weighted by Crippen LogP contribution is 2.17. The van der Waals surface area contributed by atoms with Gasteiger partial charge in [0.25, 0.3) is 5.91 Å². The molecule has 1 aliphatic rings. The van der Waals surface area contributed by atoms with Gasteiger partial charge in [-0.15, -0.1) is 0 Å². The molecule has 0 spiro atoms. The molecular formula is C14H19IN2O.